The van der Waals surface area contributed by atoms with Crippen molar-refractivity contribution in [2.45, 2.75) is 18.0 Å². The molecule has 1 unspecified atom stereocenters. The number of nitrogens with two attached hydrogens (primary N) is 2. The normalized spacial score (nSPS) is 19.8. The number of nitrogens with zero attached hydrogens (tertiary/aromatic N) is 4. The lowest BCUT2D eigenvalue weighted by molar-refractivity contribution is -0.687. The van der Waals surface area contributed by atoms with Crippen LogP contribution in [-0.2, 0) is 25.8 Å². The van der Waals surface area contributed by atoms with Gasteiger partial charge < -0.3 is 31.5 Å². The Kier molecular flexibility index (Phi) is 6.27. The van der Waals surface area contributed by atoms with Gasteiger partial charge in [-0.05, 0) is 6.07 Å². The molecule has 3 aromatic heterocycles. The van der Waals surface area contributed by atoms with E-state index in [1.165, 1.54) is 35.1 Å². The summed E-state index contributed by atoms with van der Waals surface area (Å²) in [6.45, 7) is 0.255. The number of thioether (sulfide) groups is 1. The first-order chi connectivity index (χ1) is 17.3. The van der Waals surface area contributed by atoms with Gasteiger partial charge in [-0.2, -0.15) is 0 Å². The highest BCUT2D eigenvalue weighted by molar-refractivity contribution is 8.00. The Morgan fingerprint density at radius 2 is 2.22 bits per heavy atom. The van der Waals surface area contributed by atoms with Crippen LogP contribution in [0.1, 0.15) is 5.69 Å². The fourth-order valence-corrected chi connectivity index (χ4v) is 6.75. The number of carboxylic acid groups (broad SMARTS) is 1. The third-order valence-electron chi connectivity index (χ3n) is 5.60. The summed E-state index contributed by atoms with van der Waals surface area (Å²) in [5, 5.41) is 21.2. The van der Waals surface area contributed by atoms with Crippen LogP contribution in [0.4, 0.5) is 10.1 Å². The second-order valence-electron chi connectivity index (χ2n) is 7.88. The van der Waals surface area contributed by atoms with Crippen molar-refractivity contribution in [3.05, 3.63) is 46.9 Å². The van der Waals surface area contributed by atoms with E-state index >= 15 is 0 Å². The number of oxime groups is 1. The molecule has 5 rings (SSSR count). The van der Waals surface area contributed by atoms with Crippen LogP contribution >= 0.6 is 34.4 Å². The summed E-state index contributed by atoms with van der Waals surface area (Å²) in [6.07, 6.45) is 3.71. The number of hydrogen-bond donors (Lipinski definition) is 3. The number of thiophene rings is 1. The molecule has 0 aromatic carbocycles. The summed E-state index contributed by atoms with van der Waals surface area (Å²) in [4.78, 5) is 47.9. The Hall–Kier alpha value is -3.69. The minimum Gasteiger partial charge on any atom is -0.543 e. The van der Waals surface area contributed by atoms with Crippen LogP contribution in [0.5, 0.6) is 0 Å². The third kappa shape index (κ3) is 4.25. The molecule has 2 aliphatic rings. The van der Waals surface area contributed by atoms with Crippen molar-refractivity contribution in [1.29, 1.82) is 0 Å². The average molecular weight is 546 g/mol. The lowest BCUT2D eigenvalue weighted by Crippen LogP contribution is -2.71. The molecule has 0 saturated carbocycles. The Morgan fingerprint density at radius 1 is 1.42 bits per heavy atom. The molecule has 1 saturated heterocycles. The maximum Gasteiger partial charge on any atom is 0.276 e. The van der Waals surface area contributed by atoms with Crippen LogP contribution in [-0.4, -0.2) is 57.7 Å². The highest BCUT2D eigenvalue weighted by Crippen LogP contribution is 2.40. The molecule has 0 aliphatic carbocycles. The number of β-lactam (4-membered cyclic amide) rings is 1. The lowest BCUT2D eigenvalue weighted by atomic mass is 10.0. The number of nitrogen functional groups attached to an aromatic ring is 2. The molecule has 3 aromatic rings. The van der Waals surface area contributed by atoms with Gasteiger partial charge in [0.1, 0.15) is 24.2 Å². The van der Waals surface area contributed by atoms with Crippen LogP contribution < -0.4 is 26.5 Å². The topological polar surface area (TPSA) is 180 Å². The maximum atomic E-state index is 13.0. The Labute approximate surface area is 216 Å². The number of rotatable bonds is 7. The zero-order valence-corrected chi connectivity index (χ0v) is 21.1. The number of carbonyl (C=O) groups excluding carboxylic acids is 3. The number of amides is 2. The van der Waals surface area contributed by atoms with Crippen molar-refractivity contribution in [1.82, 2.24) is 15.2 Å². The molecule has 0 radical (unpaired) electrons. The van der Waals surface area contributed by atoms with Gasteiger partial charge in [0.2, 0.25) is 0 Å². The zero-order valence-electron chi connectivity index (χ0n) is 18.7. The first-order valence-electron chi connectivity index (χ1n) is 10.5. The smallest absolute Gasteiger partial charge is 0.276 e. The summed E-state index contributed by atoms with van der Waals surface area (Å²) in [6, 6.07) is 2.81. The van der Waals surface area contributed by atoms with Gasteiger partial charge in [0.05, 0.1) is 22.1 Å². The molecule has 2 aliphatic heterocycles. The van der Waals surface area contributed by atoms with Crippen LogP contribution in [0.25, 0.3) is 10.1 Å². The summed E-state index contributed by atoms with van der Waals surface area (Å²) < 4.78 is 2.86. The monoisotopic (exact) mass is 545 g/mol. The van der Waals surface area contributed by atoms with E-state index in [2.05, 4.69) is 15.5 Å². The molecule has 186 valence electrons. The molecule has 12 nitrogen and oxygen atoms in total. The first-order valence-corrected chi connectivity index (χ1v) is 13.2. The molecule has 15 heteroatoms. The molecule has 2 amide bonds. The van der Waals surface area contributed by atoms with Crippen molar-refractivity contribution < 1.29 is 28.9 Å². The largest absolute Gasteiger partial charge is 0.543 e. The fourth-order valence-electron chi connectivity index (χ4n) is 4.07. The van der Waals surface area contributed by atoms with Gasteiger partial charge in [0, 0.05) is 27.5 Å². The van der Waals surface area contributed by atoms with Crippen molar-refractivity contribution in [3.63, 3.8) is 0 Å². The Bertz CT molecular complexity index is 1460. The molecular formula is C21H19N7O5S3. The van der Waals surface area contributed by atoms with Crippen LogP contribution in [0.15, 0.2) is 46.3 Å². The highest BCUT2D eigenvalue weighted by Gasteiger charge is 2.53. The molecule has 2 atom stereocenters. The van der Waals surface area contributed by atoms with Crippen LogP contribution in [0.2, 0.25) is 0 Å². The number of carbonyl (C=O) groups is 3. The predicted octanol–water partition coefficient (Wildman–Crippen LogP) is -0.736. The van der Waals surface area contributed by atoms with Crippen LogP contribution in [0, 0.1) is 0 Å². The summed E-state index contributed by atoms with van der Waals surface area (Å²) in [7, 11) is 1.28. The first kappa shape index (κ1) is 24.0. The number of nitrogens with one attached hydrogen (secondary N) is 1. The number of aliphatic carboxylic acids is 1. The number of anilines is 2. The van der Waals surface area contributed by atoms with E-state index in [4.69, 9.17) is 16.3 Å². The van der Waals surface area contributed by atoms with Crippen molar-refractivity contribution in [2.24, 2.45) is 5.16 Å². The van der Waals surface area contributed by atoms with Gasteiger partial charge in [-0.25, -0.2) is 9.55 Å². The minimum atomic E-state index is -1.45. The summed E-state index contributed by atoms with van der Waals surface area (Å²) >= 11 is 3.94. The van der Waals surface area contributed by atoms with Crippen LogP contribution in [0.3, 0.4) is 0 Å². The zero-order chi connectivity index (χ0) is 25.6. The van der Waals surface area contributed by atoms with Gasteiger partial charge in [0.15, 0.2) is 29.8 Å². The molecule has 5 heterocycles. The Morgan fingerprint density at radius 3 is 2.92 bits per heavy atom. The molecule has 5 N–H and O–H groups in total. The van der Waals surface area contributed by atoms with E-state index in [1.54, 1.807) is 5.38 Å². The number of fused-ring (bicyclic) bond motifs is 2. The van der Waals surface area contributed by atoms with Gasteiger partial charge in [-0.1, -0.05) is 5.16 Å². The highest BCUT2D eigenvalue weighted by atomic mass is 32.2. The molecule has 36 heavy (non-hydrogen) atoms. The SMILES string of the molecule is CO/N=C(\C(=O)NC1C(=O)N2C(C(=O)[O-])=C(C[n+]3ccc4sc(N)cc4c3)CS[C@H]12)c1csc(N)n1. The number of pyridine rings is 1. The van der Waals surface area contributed by atoms with Gasteiger partial charge >= 0.3 is 0 Å². The minimum absolute atomic E-state index is 0.144. The number of hydrogen-bond acceptors (Lipinski definition) is 12. The van der Waals surface area contributed by atoms with Gasteiger partial charge in [0.25, 0.3) is 11.8 Å². The molecule has 0 bridgehead atoms. The summed E-state index contributed by atoms with van der Waals surface area (Å²) in [5.74, 6) is -2.36. The van der Waals surface area contributed by atoms with Crippen molar-refractivity contribution in [2.75, 3.05) is 24.3 Å². The molecule has 1 fully saturated rings. The average Bonchev–Trinajstić information content (AvgIpc) is 3.44. The number of carboxylic acids is 1. The summed E-state index contributed by atoms with van der Waals surface area (Å²) in [5.41, 5.74) is 11.9. The molecular weight excluding hydrogens is 526 g/mol. The van der Waals surface area contributed by atoms with E-state index < -0.39 is 29.2 Å². The van der Waals surface area contributed by atoms with Gasteiger partial charge in [-0.15, -0.1) is 34.4 Å². The quantitative estimate of drug-likeness (QED) is 0.149. The fraction of sp³-hybridized carbons (Fsp3) is 0.238. The van der Waals surface area contributed by atoms with Crippen molar-refractivity contribution in [3.8, 4) is 0 Å². The second-order valence-corrected chi connectivity index (χ2v) is 11.0. The lowest BCUT2D eigenvalue weighted by Gasteiger charge is -2.50. The second kappa shape index (κ2) is 9.40. The Balaban J connectivity index is 1.36. The maximum absolute atomic E-state index is 13.0. The van der Waals surface area contributed by atoms with E-state index in [9.17, 15) is 19.5 Å². The predicted molar refractivity (Wildman–Crippen MR) is 134 cm³/mol. The molecule has 0 spiro atoms. The third-order valence-corrected chi connectivity index (χ3v) is 8.55. The van der Waals surface area contributed by atoms with E-state index in [0.717, 1.165) is 21.4 Å². The van der Waals surface area contributed by atoms with E-state index in [1.807, 2.05) is 29.1 Å². The standard InChI is InChI=1S/C21H19N7O5S3/c1-33-26-14(11-8-35-21(23)24-11)17(29)25-15-18(30)28-16(20(31)32)10(7-34-19(15)28)6-27-3-2-12-9(5-27)4-13(22)36-12/h2-5,8,15,19H,6-7,22H2,1H3,(H3-,23,24,25,29,31,32)/b26-14-/t15?,19-/m1/s1. The van der Waals surface area contributed by atoms with E-state index in [-0.39, 0.29) is 28.8 Å². The van der Waals surface area contributed by atoms with E-state index in [0.29, 0.717) is 16.3 Å². The van der Waals surface area contributed by atoms with Gasteiger partial charge in [-0.3, -0.25) is 14.5 Å². The number of aromatic nitrogens is 2. The van der Waals surface area contributed by atoms with Crippen molar-refractivity contribution >= 4 is 78.1 Å². The number of thiazole rings is 1.